The van der Waals surface area contributed by atoms with Crippen molar-refractivity contribution in [1.29, 1.82) is 0 Å². The molecule has 1 aromatic rings. The van der Waals surface area contributed by atoms with Gasteiger partial charge in [-0.1, -0.05) is 13.8 Å². The first-order valence-electron chi connectivity index (χ1n) is 6.06. The van der Waals surface area contributed by atoms with Gasteiger partial charge in [0, 0.05) is 0 Å². The maximum absolute atomic E-state index is 13.7. The van der Waals surface area contributed by atoms with Crippen molar-refractivity contribution >= 4 is 5.78 Å². The molecule has 0 saturated heterocycles. The number of nitrogens with zero attached hydrogens (tertiary/aromatic N) is 1. The van der Waals surface area contributed by atoms with Crippen LogP contribution in [-0.4, -0.2) is 30.3 Å². The van der Waals surface area contributed by atoms with Crippen molar-refractivity contribution in [3.05, 3.63) is 35.4 Å². The SMILES string of the molecule is CCC(CC)(C(=O)c1cc(F)ccc1F)N(C)C. The molecular weight excluding hydrogens is 236 g/mol. The van der Waals surface area contributed by atoms with Crippen LogP contribution in [0.1, 0.15) is 37.0 Å². The molecule has 0 fully saturated rings. The highest BCUT2D eigenvalue weighted by atomic mass is 19.1. The molecule has 2 nitrogen and oxygen atoms in total. The van der Waals surface area contributed by atoms with E-state index in [9.17, 15) is 13.6 Å². The molecule has 0 saturated carbocycles. The van der Waals surface area contributed by atoms with Crippen molar-refractivity contribution in [2.24, 2.45) is 0 Å². The molecule has 0 aliphatic rings. The van der Waals surface area contributed by atoms with Crippen molar-refractivity contribution in [3.8, 4) is 0 Å². The Morgan fingerprint density at radius 2 is 1.78 bits per heavy atom. The lowest BCUT2D eigenvalue weighted by molar-refractivity contribution is 0.0651. The molecule has 0 aromatic heterocycles. The third kappa shape index (κ3) is 2.43. The minimum atomic E-state index is -0.783. The average Bonchev–Trinajstić information content (AvgIpc) is 2.34. The van der Waals surface area contributed by atoms with Crippen LogP contribution in [0.15, 0.2) is 18.2 Å². The van der Waals surface area contributed by atoms with Crippen LogP contribution >= 0.6 is 0 Å². The van der Waals surface area contributed by atoms with Gasteiger partial charge in [0.15, 0.2) is 5.78 Å². The third-order valence-corrected chi connectivity index (χ3v) is 3.62. The zero-order chi connectivity index (χ0) is 13.9. The second kappa shape index (κ2) is 5.57. The number of likely N-dealkylation sites (N-methyl/N-ethyl adjacent to an activating group) is 1. The van der Waals surface area contributed by atoms with Crippen molar-refractivity contribution < 1.29 is 13.6 Å². The largest absolute Gasteiger partial charge is 0.297 e. The number of Topliss-reactive ketones (excluding diaryl/α,β-unsaturated/α-hetero) is 1. The van der Waals surface area contributed by atoms with Gasteiger partial charge in [0.1, 0.15) is 11.6 Å². The summed E-state index contributed by atoms with van der Waals surface area (Å²) in [6.07, 6.45) is 1.09. The van der Waals surface area contributed by atoms with E-state index < -0.39 is 17.2 Å². The summed E-state index contributed by atoms with van der Waals surface area (Å²) >= 11 is 0. The molecule has 0 bridgehead atoms. The molecule has 18 heavy (non-hydrogen) atoms. The van der Waals surface area contributed by atoms with E-state index in [-0.39, 0.29) is 11.3 Å². The standard InChI is InChI=1S/C14H19F2NO/c1-5-14(6-2,17(3)4)13(18)11-9-10(15)7-8-12(11)16/h7-9H,5-6H2,1-4H3. The number of halogens is 2. The van der Waals surface area contributed by atoms with Gasteiger partial charge >= 0.3 is 0 Å². The molecule has 4 heteroatoms. The van der Waals surface area contributed by atoms with E-state index in [1.54, 1.807) is 19.0 Å². The van der Waals surface area contributed by atoms with Crippen molar-refractivity contribution in [2.75, 3.05) is 14.1 Å². The highest BCUT2D eigenvalue weighted by molar-refractivity contribution is 6.03. The number of ketones is 1. The first-order valence-corrected chi connectivity index (χ1v) is 6.06. The fourth-order valence-electron chi connectivity index (χ4n) is 2.33. The monoisotopic (exact) mass is 255 g/mol. The normalized spacial score (nSPS) is 11.9. The first kappa shape index (κ1) is 14.8. The first-order chi connectivity index (χ1) is 8.39. The fourth-order valence-corrected chi connectivity index (χ4v) is 2.33. The summed E-state index contributed by atoms with van der Waals surface area (Å²) in [4.78, 5) is 14.3. The van der Waals surface area contributed by atoms with Gasteiger partial charge in [-0.2, -0.15) is 0 Å². The summed E-state index contributed by atoms with van der Waals surface area (Å²) in [5.74, 6) is -1.64. The number of carbonyl (C=O) groups excluding carboxylic acids is 1. The predicted octanol–water partition coefficient (Wildman–Crippen LogP) is 3.27. The number of hydrogen-bond acceptors (Lipinski definition) is 2. The zero-order valence-electron chi connectivity index (χ0n) is 11.3. The highest BCUT2D eigenvalue weighted by Crippen LogP contribution is 2.27. The molecule has 0 unspecified atom stereocenters. The molecule has 0 radical (unpaired) electrons. The Morgan fingerprint density at radius 1 is 1.22 bits per heavy atom. The Labute approximate surface area is 107 Å². The number of rotatable bonds is 5. The predicted molar refractivity (Wildman–Crippen MR) is 67.7 cm³/mol. The van der Waals surface area contributed by atoms with Crippen LogP contribution in [0.4, 0.5) is 8.78 Å². The summed E-state index contributed by atoms with van der Waals surface area (Å²) in [6, 6.07) is 2.98. The number of benzene rings is 1. The Morgan fingerprint density at radius 3 is 2.22 bits per heavy atom. The van der Waals surface area contributed by atoms with Gasteiger partial charge < -0.3 is 0 Å². The summed E-state index contributed by atoms with van der Waals surface area (Å²) in [6.45, 7) is 3.75. The molecular formula is C14H19F2NO. The van der Waals surface area contributed by atoms with E-state index in [0.29, 0.717) is 12.8 Å². The van der Waals surface area contributed by atoms with E-state index in [2.05, 4.69) is 0 Å². The smallest absolute Gasteiger partial charge is 0.186 e. The van der Waals surface area contributed by atoms with E-state index in [0.717, 1.165) is 18.2 Å². The quantitative estimate of drug-likeness (QED) is 0.753. The Hall–Kier alpha value is -1.29. The van der Waals surface area contributed by atoms with Crippen LogP contribution in [0.3, 0.4) is 0 Å². The van der Waals surface area contributed by atoms with E-state index >= 15 is 0 Å². The fraction of sp³-hybridized carbons (Fsp3) is 0.500. The van der Waals surface area contributed by atoms with Gasteiger partial charge in [0.2, 0.25) is 0 Å². The van der Waals surface area contributed by atoms with Crippen molar-refractivity contribution in [2.45, 2.75) is 32.2 Å². The van der Waals surface area contributed by atoms with Gasteiger partial charge in [-0.3, -0.25) is 9.69 Å². The third-order valence-electron chi connectivity index (χ3n) is 3.62. The van der Waals surface area contributed by atoms with Crippen molar-refractivity contribution in [1.82, 2.24) is 4.90 Å². The number of carbonyl (C=O) groups is 1. The molecule has 1 aromatic carbocycles. The van der Waals surface area contributed by atoms with Gasteiger partial charge in [-0.25, -0.2) is 8.78 Å². The van der Waals surface area contributed by atoms with Crippen LogP contribution in [0.25, 0.3) is 0 Å². The van der Waals surface area contributed by atoms with Gasteiger partial charge in [-0.15, -0.1) is 0 Å². The lowest BCUT2D eigenvalue weighted by Gasteiger charge is -2.37. The molecule has 0 amide bonds. The Balaban J connectivity index is 3.30. The minimum Gasteiger partial charge on any atom is -0.297 e. The molecule has 0 aliphatic heterocycles. The Bertz CT molecular complexity index is 439. The molecule has 0 N–H and O–H groups in total. The maximum Gasteiger partial charge on any atom is 0.186 e. The molecule has 0 atom stereocenters. The second-order valence-corrected chi connectivity index (χ2v) is 4.59. The highest BCUT2D eigenvalue weighted by Gasteiger charge is 2.38. The molecule has 1 rings (SSSR count). The molecule has 0 spiro atoms. The number of hydrogen-bond donors (Lipinski definition) is 0. The van der Waals surface area contributed by atoms with Crippen LogP contribution < -0.4 is 0 Å². The lowest BCUT2D eigenvalue weighted by Crippen LogP contribution is -2.50. The molecule has 0 heterocycles. The Kier molecular flexibility index (Phi) is 4.57. The molecule has 100 valence electrons. The zero-order valence-corrected chi connectivity index (χ0v) is 11.3. The van der Waals surface area contributed by atoms with E-state index in [1.807, 2.05) is 13.8 Å². The average molecular weight is 255 g/mol. The summed E-state index contributed by atoms with van der Waals surface area (Å²) in [5.41, 5.74) is -0.957. The van der Waals surface area contributed by atoms with Gasteiger partial charge in [0.05, 0.1) is 11.1 Å². The lowest BCUT2D eigenvalue weighted by atomic mass is 9.83. The van der Waals surface area contributed by atoms with Gasteiger partial charge in [0.25, 0.3) is 0 Å². The van der Waals surface area contributed by atoms with E-state index in [4.69, 9.17) is 0 Å². The summed E-state index contributed by atoms with van der Waals surface area (Å²) in [5, 5.41) is 0. The van der Waals surface area contributed by atoms with Gasteiger partial charge in [-0.05, 0) is 45.1 Å². The second-order valence-electron chi connectivity index (χ2n) is 4.59. The van der Waals surface area contributed by atoms with Crippen LogP contribution in [0.5, 0.6) is 0 Å². The van der Waals surface area contributed by atoms with Crippen molar-refractivity contribution in [3.63, 3.8) is 0 Å². The molecule has 0 aliphatic carbocycles. The topological polar surface area (TPSA) is 20.3 Å². The maximum atomic E-state index is 13.7. The summed E-state index contributed by atoms with van der Waals surface area (Å²) < 4.78 is 26.9. The minimum absolute atomic E-state index is 0.174. The van der Waals surface area contributed by atoms with Crippen LogP contribution in [-0.2, 0) is 0 Å². The summed E-state index contributed by atoms with van der Waals surface area (Å²) in [7, 11) is 3.56. The van der Waals surface area contributed by atoms with E-state index in [1.165, 1.54) is 0 Å². The van der Waals surface area contributed by atoms with Crippen LogP contribution in [0, 0.1) is 11.6 Å². The van der Waals surface area contributed by atoms with Crippen LogP contribution in [0.2, 0.25) is 0 Å².